The molecule has 0 amide bonds. The van der Waals surface area contributed by atoms with E-state index < -0.39 is 6.29 Å². The lowest BCUT2D eigenvalue weighted by Crippen LogP contribution is -2.33. The smallest absolute Gasteiger partial charge is 0.188 e. The van der Waals surface area contributed by atoms with Gasteiger partial charge in [-0.05, 0) is 44.7 Å². The number of aromatic hydroxyl groups is 1. The number of aliphatic hydroxyl groups excluding tert-OH is 1. The fraction of sp³-hybridized carbons (Fsp3) is 0.667. The summed E-state index contributed by atoms with van der Waals surface area (Å²) in [4.78, 5) is 0. The fourth-order valence-electron chi connectivity index (χ4n) is 2.92. The van der Waals surface area contributed by atoms with Gasteiger partial charge >= 0.3 is 0 Å². The molecule has 0 bridgehead atoms. The number of ether oxygens (including phenoxy) is 3. The molecule has 4 atom stereocenters. The maximum Gasteiger partial charge on any atom is 0.188 e. The summed E-state index contributed by atoms with van der Waals surface area (Å²) in [5, 5.41) is 19.7. The van der Waals surface area contributed by atoms with E-state index in [0.29, 0.717) is 11.3 Å². The Kier molecular flexibility index (Phi) is 6.69. The summed E-state index contributed by atoms with van der Waals surface area (Å²) in [6, 6.07) is 5.32. The molecule has 2 N–H and O–H groups in total. The van der Waals surface area contributed by atoms with Gasteiger partial charge in [-0.15, -0.1) is 0 Å². The van der Waals surface area contributed by atoms with Crippen LogP contribution in [0.2, 0.25) is 0 Å². The molecule has 1 aromatic rings. The third kappa shape index (κ3) is 4.83. The number of rotatable bonds is 7. The summed E-state index contributed by atoms with van der Waals surface area (Å²) in [6.45, 7) is 3.89. The molecule has 1 heterocycles. The molecule has 130 valence electrons. The van der Waals surface area contributed by atoms with Gasteiger partial charge in [0.2, 0.25) is 0 Å². The predicted octanol–water partition coefficient (Wildman–Crippen LogP) is 3.53. The second-order valence-electron chi connectivity index (χ2n) is 6.17. The lowest BCUT2D eigenvalue weighted by molar-refractivity contribution is -0.249. The van der Waals surface area contributed by atoms with Crippen LogP contribution in [0.3, 0.4) is 0 Å². The molecule has 1 saturated heterocycles. The number of aliphatic hydroxyl groups is 1. The number of benzene rings is 1. The average molecular weight is 324 g/mol. The Bertz CT molecular complexity index is 488. The van der Waals surface area contributed by atoms with Gasteiger partial charge in [0.25, 0.3) is 0 Å². The number of hydrogen-bond acceptors (Lipinski definition) is 5. The van der Waals surface area contributed by atoms with Crippen LogP contribution in [0.25, 0.3) is 0 Å². The molecule has 3 unspecified atom stereocenters. The van der Waals surface area contributed by atoms with Crippen molar-refractivity contribution in [3.8, 4) is 11.5 Å². The highest BCUT2D eigenvalue weighted by Gasteiger charge is 2.32. The third-order valence-corrected chi connectivity index (χ3v) is 4.27. The molecule has 1 aliphatic heterocycles. The molecule has 1 aliphatic rings. The number of hydrogen-bond donors (Lipinski definition) is 2. The van der Waals surface area contributed by atoms with Crippen molar-refractivity contribution in [1.29, 1.82) is 0 Å². The van der Waals surface area contributed by atoms with Gasteiger partial charge in [-0.3, -0.25) is 0 Å². The topological polar surface area (TPSA) is 68.2 Å². The minimum atomic E-state index is -0.583. The summed E-state index contributed by atoms with van der Waals surface area (Å²) in [5.74, 6) is 0.485. The lowest BCUT2D eigenvalue weighted by atomic mass is 10.0. The van der Waals surface area contributed by atoms with Gasteiger partial charge in [-0.2, -0.15) is 0 Å². The molecule has 0 radical (unpaired) electrons. The highest BCUT2D eigenvalue weighted by Crippen LogP contribution is 2.40. The van der Waals surface area contributed by atoms with Crippen LogP contribution in [-0.2, 0) is 9.47 Å². The largest absolute Gasteiger partial charge is 0.504 e. The van der Waals surface area contributed by atoms with Crippen LogP contribution in [0.4, 0.5) is 0 Å². The van der Waals surface area contributed by atoms with Crippen molar-refractivity contribution in [1.82, 2.24) is 0 Å². The van der Waals surface area contributed by atoms with Crippen LogP contribution < -0.4 is 4.74 Å². The van der Waals surface area contributed by atoms with E-state index in [2.05, 4.69) is 6.92 Å². The number of methoxy groups -OCH3 is 1. The van der Waals surface area contributed by atoms with E-state index in [1.165, 1.54) is 7.11 Å². The van der Waals surface area contributed by atoms with Crippen molar-refractivity contribution >= 4 is 0 Å². The van der Waals surface area contributed by atoms with Gasteiger partial charge in [-0.25, -0.2) is 0 Å². The molecule has 2 rings (SSSR count). The Morgan fingerprint density at radius 2 is 2.04 bits per heavy atom. The number of para-hydroxylation sites is 1. The first-order valence-corrected chi connectivity index (χ1v) is 8.40. The summed E-state index contributed by atoms with van der Waals surface area (Å²) in [5.41, 5.74) is 0.600. The molecule has 5 nitrogen and oxygen atoms in total. The molecule has 23 heavy (non-hydrogen) atoms. The highest BCUT2D eigenvalue weighted by atomic mass is 16.7. The summed E-state index contributed by atoms with van der Waals surface area (Å²) < 4.78 is 17.2. The van der Waals surface area contributed by atoms with E-state index >= 15 is 0 Å². The van der Waals surface area contributed by atoms with E-state index in [9.17, 15) is 10.2 Å². The van der Waals surface area contributed by atoms with Crippen molar-refractivity contribution in [2.75, 3.05) is 7.11 Å². The first kappa shape index (κ1) is 18.0. The van der Waals surface area contributed by atoms with Gasteiger partial charge < -0.3 is 24.4 Å². The minimum Gasteiger partial charge on any atom is -0.504 e. The Labute approximate surface area is 138 Å². The zero-order chi connectivity index (χ0) is 16.8. The Balaban J connectivity index is 2.08. The van der Waals surface area contributed by atoms with Crippen LogP contribution in [0.5, 0.6) is 11.5 Å². The maximum absolute atomic E-state index is 10.3. The first-order valence-electron chi connectivity index (χ1n) is 8.40. The zero-order valence-corrected chi connectivity index (χ0v) is 14.2. The van der Waals surface area contributed by atoms with Crippen LogP contribution in [-0.4, -0.2) is 35.6 Å². The SMILES string of the molecule is CCC1CC(CCC[C@H](C)O)OC(c2cccc(OC)c2O)O1. The van der Waals surface area contributed by atoms with E-state index in [0.717, 1.165) is 32.1 Å². The summed E-state index contributed by atoms with van der Waals surface area (Å²) in [6.07, 6.45) is 3.62. The number of phenols is 1. The Hall–Kier alpha value is -1.30. The molecule has 0 spiro atoms. The highest BCUT2D eigenvalue weighted by molar-refractivity contribution is 5.46. The molecule has 1 aromatic carbocycles. The van der Waals surface area contributed by atoms with Gasteiger partial charge in [-0.1, -0.05) is 13.0 Å². The molecule has 0 aromatic heterocycles. The van der Waals surface area contributed by atoms with Crippen molar-refractivity contribution in [3.63, 3.8) is 0 Å². The maximum atomic E-state index is 10.3. The standard InChI is InChI=1S/C18H28O5/c1-4-13-11-14(8-5-7-12(2)19)23-18(22-13)15-9-6-10-16(21-3)17(15)20/h6,9-10,12-14,18-20H,4-5,7-8,11H2,1-3H3/t12-,13?,14?,18?/m0/s1. The Morgan fingerprint density at radius 1 is 1.30 bits per heavy atom. The van der Waals surface area contributed by atoms with Crippen molar-refractivity contribution in [2.24, 2.45) is 0 Å². The summed E-state index contributed by atoms with van der Waals surface area (Å²) in [7, 11) is 1.52. The van der Waals surface area contributed by atoms with Gasteiger partial charge in [0, 0.05) is 6.42 Å². The van der Waals surface area contributed by atoms with Crippen LogP contribution in [0, 0.1) is 0 Å². The van der Waals surface area contributed by atoms with Crippen LogP contribution in [0.1, 0.15) is 57.8 Å². The average Bonchev–Trinajstić information content (AvgIpc) is 2.54. The van der Waals surface area contributed by atoms with Crippen LogP contribution >= 0.6 is 0 Å². The zero-order valence-electron chi connectivity index (χ0n) is 14.2. The number of phenolic OH excluding ortho intramolecular Hbond substituents is 1. The van der Waals surface area contributed by atoms with E-state index in [4.69, 9.17) is 14.2 Å². The quantitative estimate of drug-likeness (QED) is 0.803. The molecule has 0 saturated carbocycles. The van der Waals surface area contributed by atoms with Gasteiger partial charge in [0.1, 0.15) is 0 Å². The Morgan fingerprint density at radius 3 is 2.70 bits per heavy atom. The summed E-state index contributed by atoms with van der Waals surface area (Å²) >= 11 is 0. The fourth-order valence-corrected chi connectivity index (χ4v) is 2.92. The normalized spacial score (nSPS) is 26.0. The van der Waals surface area contributed by atoms with E-state index in [1.807, 2.05) is 6.07 Å². The predicted molar refractivity (Wildman–Crippen MR) is 87.6 cm³/mol. The first-order chi connectivity index (χ1) is 11.0. The van der Waals surface area contributed by atoms with Crippen molar-refractivity contribution < 1.29 is 24.4 Å². The lowest BCUT2D eigenvalue weighted by Gasteiger charge is -2.36. The van der Waals surface area contributed by atoms with E-state index in [1.54, 1.807) is 19.1 Å². The van der Waals surface area contributed by atoms with Crippen LogP contribution in [0.15, 0.2) is 18.2 Å². The van der Waals surface area contributed by atoms with Gasteiger partial charge in [0.05, 0.1) is 31.0 Å². The third-order valence-electron chi connectivity index (χ3n) is 4.27. The minimum absolute atomic E-state index is 0.0690. The molecule has 0 aliphatic carbocycles. The van der Waals surface area contributed by atoms with E-state index in [-0.39, 0.29) is 24.1 Å². The second-order valence-corrected chi connectivity index (χ2v) is 6.17. The van der Waals surface area contributed by atoms with Gasteiger partial charge in [0.15, 0.2) is 17.8 Å². The van der Waals surface area contributed by atoms with Crippen molar-refractivity contribution in [3.05, 3.63) is 23.8 Å². The monoisotopic (exact) mass is 324 g/mol. The van der Waals surface area contributed by atoms with Crippen molar-refractivity contribution in [2.45, 2.75) is 70.6 Å². The molecular formula is C18H28O5. The second kappa shape index (κ2) is 8.52. The molecular weight excluding hydrogens is 296 g/mol. The molecule has 5 heteroatoms. The molecule has 1 fully saturated rings.